The minimum Gasteiger partial charge on any atom is -0.350 e. The van der Waals surface area contributed by atoms with Gasteiger partial charge in [0.05, 0.1) is 11.2 Å². The quantitative estimate of drug-likeness (QED) is 0.491. The fraction of sp³-hybridized carbons (Fsp3) is 0.385. The van der Waals surface area contributed by atoms with Crippen molar-refractivity contribution >= 4 is 29.3 Å². The molecule has 24 heavy (non-hydrogen) atoms. The first-order chi connectivity index (χ1) is 11.2. The van der Waals surface area contributed by atoms with Gasteiger partial charge in [0.1, 0.15) is 11.4 Å². The number of aryl methyl sites for hydroxylation is 2. The molecule has 0 bridgehead atoms. The third-order valence-electron chi connectivity index (χ3n) is 2.85. The molecule has 0 saturated heterocycles. The minimum atomic E-state index is -4.52. The number of aromatic nitrogens is 4. The molecule has 2 heterocycles. The second kappa shape index (κ2) is 7.39. The summed E-state index contributed by atoms with van der Waals surface area (Å²) in [6.45, 7) is 1.68. The van der Waals surface area contributed by atoms with E-state index in [0.29, 0.717) is 5.75 Å². The van der Waals surface area contributed by atoms with Gasteiger partial charge in [-0.25, -0.2) is 9.97 Å². The summed E-state index contributed by atoms with van der Waals surface area (Å²) >= 11 is 6.87. The lowest BCUT2D eigenvalue weighted by Crippen LogP contribution is -2.28. The summed E-state index contributed by atoms with van der Waals surface area (Å²) in [5.41, 5.74) is -0.540. The molecule has 2 aromatic rings. The number of amides is 1. The molecule has 0 unspecified atom stereocenters. The number of nitrogens with zero attached hydrogens (tertiary/aromatic N) is 4. The van der Waals surface area contributed by atoms with Crippen molar-refractivity contribution in [3.05, 3.63) is 34.4 Å². The van der Waals surface area contributed by atoms with Gasteiger partial charge in [-0.05, 0) is 13.0 Å². The molecule has 0 fully saturated rings. The normalized spacial score (nSPS) is 11.6. The first kappa shape index (κ1) is 18.5. The molecule has 2 aromatic heterocycles. The van der Waals surface area contributed by atoms with Crippen molar-refractivity contribution in [2.75, 3.05) is 12.3 Å². The molecule has 1 N–H and O–H groups in total. The van der Waals surface area contributed by atoms with Gasteiger partial charge in [0, 0.05) is 25.0 Å². The lowest BCUT2D eigenvalue weighted by atomic mass is 10.3. The molecule has 6 nitrogen and oxygen atoms in total. The molecular weight excluding hydrogens is 367 g/mol. The summed E-state index contributed by atoms with van der Waals surface area (Å²) in [7, 11) is 1.58. The molecule has 130 valence electrons. The summed E-state index contributed by atoms with van der Waals surface area (Å²) in [4.78, 5) is 19.4. The molecule has 11 heteroatoms. The number of carbonyl (C=O) groups is 1. The SMILES string of the molecule is Cc1cc(C(F)(F)F)nc(SCCNC(=O)c2c(Cl)cnn2C)n1. The number of halogens is 4. The second-order valence-electron chi connectivity index (χ2n) is 4.74. The van der Waals surface area contributed by atoms with E-state index in [1.807, 2.05) is 0 Å². The van der Waals surface area contributed by atoms with Crippen molar-refractivity contribution in [2.45, 2.75) is 18.3 Å². The predicted octanol–water partition coefficient (Wildman–Crippen LogP) is 2.71. The van der Waals surface area contributed by atoms with E-state index in [1.54, 1.807) is 7.05 Å². The molecule has 1 amide bonds. The van der Waals surface area contributed by atoms with Gasteiger partial charge in [-0.2, -0.15) is 18.3 Å². The molecular formula is C13H13ClF3N5OS. The van der Waals surface area contributed by atoms with Gasteiger partial charge in [0.25, 0.3) is 5.91 Å². The van der Waals surface area contributed by atoms with Crippen LogP contribution < -0.4 is 5.32 Å². The largest absolute Gasteiger partial charge is 0.433 e. The van der Waals surface area contributed by atoms with Gasteiger partial charge in [-0.1, -0.05) is 23.4 Å². The predicted molar refractivity (Wildman–Crippen MR) is 83.0 cm³/mol. The van der Waals surface area contributed by atoms with Crippen LogP contribution in [0.2, 0.25) is 5.02 Å². The zero-order valence-electron chi connectivity index (χ0n) is 12.7. The maximum absolute atomic E-state index is 12.7. The van der Waals surface area contributed by atoms with Crippen LogP contribution in [0.3, 0.4) is 0 Å². The lowest BCUT2D eigenvalue weighted by molar-refractivity contribution is -0.141. The van der Waals surface area contributed by atoms with E-state index in [1.165, 1.54) is 17.8 Å². The van der Waals surface area contributed by atoms with Gasteiger partial charge < -0.3 is 5.32 Å². The third-order valence-corrected chi connectivity index (χ3v) is 3.98. The van der Waals surface area contributed by atoms with Gasteiger partial charge >= 0.3 is 6.18 Å². The Morgan fingerprint density at radius 2 is 2.12 bits per heavy atom. The van der Waals surface area contributed by atoms with Gasteiger partial charge in [0.15, 0.2) is 5.16 Å². The molecule has 0 radical (unpaired) electrons. The monoisotopic (exact) mass is 379 g/mol. The maximum Gasteiger partial charge on any atom is 0.433 e. The Kier molecular flexibility index (Phi) is 5.70. The van der Waals surface area contributed by atoms with Gasteiger partial charge in [-0.15, -0.1) is 0 Å². The van der Waals surface area contributed by atoms with Crippen LogP contribution in [0.1, 0.15) is 21.9 Å². The molecule has 0 spiro atoms. The maximum atomic E-state index is 12.7. The topological polar surface area (TPSA) is 72.7 Å². The van der Waals surface area contributed by atoms with Crippen molar-refractivity contribution in [3.63, 3.8) is 0 Å². The highest BCUT2D eigenvalue weighted by Crippen LogP contribution is 2.29. The van der Waals surface area contributed by atoms with E-state index in [9.17, 15) is 18.0 Å². The van der Waals surface area contributed by atoms with Crippen molar-refractivity contribution in [2.24, 2.45) is 7.05 Å². The Morgan fingerprint density at radius 3 is 2.71 bits per heavy atom. The van der Waals surface area contributed by atoms with Crippen molar-refractivity contribution < 1.29 is 18.0 Å². The average Bonchev–Trinajstić information content (AvgIpc) is 2.81. The van der Waals surface area contributed by atoms with E-state index in [-0.39, 0.29) is 28.1 Å². The van der Waals surface area contributed by atoms with Gasteiger partial charge in [0.2, 0.25) is 0 Å². The smallest absolute Gasteiger partial charge is 0.350 e. The standard InChI is InChI=1S/C13H13ClF3N5OS/c1-7-5-9(13(15,16)17)21-12(20-7)24-4-3-18-11(23)10-8(14)6-19-22(10)2/h5-6H,3-4H2,1-2H3,(H,18,23). The van der Waals surface area contributed by atoms with Crippen LogP contribution in [0.5, 0.6) is 0 Å². The van der Waals surface area contributed by atoms with E-state index in [2.05, 4.69) is 20.4 Å². The van der Waals surface area contributed by atoms with Crippen LogP contribution in [0.15, 0.2) is 17.4 Å². The van der Waals surface area contributed by atoms with Crippen LogP contribution in [-0.4, -0.2) is 38.0 Å². The fourth-order valence-corrected chi connectivity index (χ4v) is 2.82. The number of thioether (sulfide) groups is 1. The number of rotatable bonds is 5. The summed E-state index contributed by atoms with van der Waals surface area (Å²) < 4.78 is 39.4. The Balaban J connectivity index is 1.91. The summed E-state index contributed by atoms with van der Waals surface area (Å²) in [6.07, 6.45) is -3.17. The highest BCUT2D eigenvalue weighted by molar-refractivity contribution is 7.99. The van der Waals surface area contributed by atoms with E-state index >= 15 is 0 Å². The number of hydrogen-bond donors (Lipinski definition) is 1. The number of alkyl halides is 3. The molecule has 2 rings (SSSR count). The minimum absolute atomic E-state index is 0.00939. The summed E-state index contributed by atoms with van der Waals surface area (Å²) in [5, 5.41) is 6.69. The highest BCUT2D eigenvalue weighted by Gasteiger charge is 2.33. The first-order valence-corrected chi connectivity index (χ1v) is 8.06. The molecule has 0 aromatic carbocycles. The first-order valence-electron chi connectivity index (χ1n) is 6.70. The average molecular weight is 380 g/mol. The van der Waals surface area contributed by atoms with Crippen LogP contribution in [0, 0.1) is 6.92 Å². The zero-order chi connectivity index (χ0) is 17.9. The van der Waals surface area contributed by atoms with Crippen LogP contribution in [0.25, 0.3) is 0 Å². The Labute approximate surface area is 144 Å². The highest BCUT2D eigenvalue weighted by atomic mass is 35.5. The Bertz CT molecular complexity index is 730. The van der Waals surface area contributed by atoms with E-state index in [0.717, 1.165) is 17.8 Å². The third kappa shape index (κ3) is 4.60. The molecule has 0 saturated carbocycles. The Morgan fingerprint density at radius 1 is 1.42 bits per heavy atom. The Hall–Kier alpha value is -1.81. The van der Waals surface area contributed by atoms with Crippen molar-refractivity contribution in [1.82, 2.24) is 25.1 Å². The second-order valence-corrected chi connectivity index (χ2v) is 6.21. The lowest BCUT2D eigenvalue weighted by Gasteiger charge is -2.09. The van der Waals surface area contributed by atoms with Crippen molar-refractivity contribution in [3.8, 4) is 0 Å². The van der Waals surface area contributed by atoms with Gasteiger partial charge in [-0.3, -0.25) is 9.48 Å². The molecule has 0 aliphatic rings. The molecule has 0 aliphatic carbocycles. The summed E-state index contributed by atoms with van der Waals surface area (Å²) in [5.74, 6) is -0.108. The number of carbonyl (C=O) groups excluding carboxylic acids is 1. The van der Waals surface area contributed by atoms with E-state index in [4.69, 9.17) is 11.6 Å². The van der Waals surface area contributed by atoms with Crippen LogP contribution >= 0.6 is 23.4 Å². The van der Waals surface area contributed by atoms with E-state index < -0.39 is 17.8 Å². The molecule has 0 atom stereocenters. The zero-order valence-corrected chi connectivity index (χ0v) is 14.3. The fourth-order valence-electron chi connectivity index (χ4n) is 1.81. The van der Waals surface area contributed by atoms with Crippen molar-refractivity contribution in [1.29, 1.82) is 0 Å². The molecule has 0 aliphatic heterocycles. The number of hydrogen-bond acceptors (Lipinski definition) is 5. The van der Waals surface area contributed by atoms with Crippen LogP contribution in [0.4, 0.5) is 13.2 Å². The number of nitrogens with one attached hydrogen (secondary N) is 1. The summed E-state index contributed by atoms with van der Waals surface area (Å²) in [6, 6.07) is 0.885. The van der Waals surface area contributed by atoms with Crippen LogP contribution in [-0.2, 0) is 13.2 Å².